The van der Waals surface area contributed by atoms with Crippen LogP contribution in [0.5, 0.6) is 0 Å². The van der Waals surface area contributed by atoms with Crippen molar-refractivity contribution >= 4 is 23.7 Å². The van der Waals surface area contributed by atoms with E-state index >= 15 is 0 Å². The SMILES string of the molecule is CC[C@H]1O[C@@H](n2cc(/C=C/CNC(=O)C(F)(F)F)c(NC(=O)c3ccccc3)nc2=O)C[C@H]1O. The van der Waals surface area contributed by atoms with Crippen LogP contribution in [0.2, 0.25) is 0 Å². The number of benzene rings is 1. The summed E-state index contributed by atoms with van der Waals surface area (Å²) in [4.78, 5) is 40.1. The molecule has 2 heterocycles. The molecule has 34 heavy (non-hydrogen) atoms. The van der Waals surface area contributed by atoms with E-state index < -0.39 is 48.7 Å². The van der Waals surface area contributed by atoms with E-state index in [2.05, 4.69) is 10.3 Å². The first kappa shape index (κ1) is 25.1. The molecule has 1 saturated heterocycles. The zero-order valence-electron chi connectivity index (χ0n) is 18.1. The molecule has 0 unspecified atom stereocenters. The maximum absolute atomic E-state index is 12.7. The van der Waals surface area contributed by atoms with Crippen LogP contribution in [0.3, 0.4) is 0 Å². The van der Waals surface area contributed by atoms with Gasteiger partial charge in [0.15, 0.2) is 0 Å². The number of aliphatic hydroxyl groups is 1. The zero-order valence-corrected chi connectivity index (χ0v) is 18.1. The molecule has 1 aromatic carbocycles. The third-order valence-corrected chi connectivity index (χ3v) is 5.10. The minimum atomic E-state index is -5.02. The van der Waals surface area contributed by atoms with Crippen LogP contribution in [0, 0.1) is 0 Å². The third-order valence-electron chi connectivity index (χ3n) is 5.10. The van der Waals surface area contributed by atoms with E-state index in [0.29, 0.717) is 12.0 Å². The molecule has 0 spiro atoms. The highest BCUT2D eigenvalue weighted by Gasteiger charge is 2.38. The number of carbonyl (C=O) groups excluding carboxylic acids is 2. The van der Waals surface area contributed by atoms with Gasteiger partial charge in [0.2, 0.25) is 0 Å². The Balaban J connectivity index is 1.88. The number of alkyl halides is 3. The third kappa shape index (κ3) is 6.08. The average Bonchev–Trinajstić information content (AvgIpc) is 3.17. The molecule has 0 bridgehead atoms. The Morgan fingerprint density at radius 3 is 2.62 bits per heavy atom. The first-order chi connectivity index (χ1) is 16.1. The molecule has 3 rings (SSSR count). The molecule has 3 atom stereocenters. The molecule has 2 aromatic rings. The summed E-state index contributed by atoms with van der Waals surface area (Å²) in [6.45, 7) is 1.36. The number of aliphatic hydroxyl groups excluding tert-OH is 1. The monoisotopic (exact) mass is 480 g/mol. The molecular weight excluding hydrogens is 457 g/mol. The van der Waals surface area contributed by atoms with Crippen LogP contribution in [0.1, 0.15) is 41.9 Å². The fourth-order valence-corrected chi connectivity index (χ4v) is 3.37. The second kappa shape index (κ2) is 10.6. The van der Waals surface area contributed by atoms with Crippen LogP contribution >= 0.6 is 0 Å². The maximum atomic E-state index is 12.7. The number of hydrogen-bond acceptors (Lipinski definition) is 6. The Labute approximate surface area is 192 Å². The van der Waals surface area contributed by atoms with Gasteiger partial charge in [0, 0.05) is 30.3 Å². The van der Waals surface area contributed by atoms with Gasteiger partial charge in [-0.3, -0.25) is 14.2 Å². The Morgan fingerprint density at radius 1 is 1.29 bits per heavy atom. The lowest BCUT2D eigenvalue weighted by Gasteiger charge is -2.17. The van der Waals surface area contributed by atoms with Gasteiger partial charge in [0.1, 0.15) is 12.0 Å². The first-order valence-corrected chi connectivity index (χ1v) is 10.4. The number of aromatic nitrogens is 2. The molecule has 182 valence electrons. The van der Waals surface area contributed by atoms with Crippen molar-refractivity contribution in [1.82, 2.24) is 14.9 Å². The number of nitrogens with zero attached hydrogens (tertiary/aromatic N) is 2. The number of ether oxygens (including phenoxy) is 1. The van der Waals surface area contributed by atoms with Crippen LogP contribution in [-0.4, -0.2) is 51.4 Å². The summed E-state index contributed by atoms with van der Waals surface area (Å²) >= 11 is 0. The lowest BCUT2D eigenvalue weighted by atomic mass is 10.1. The van der Waals surface area contributed by atoms with E-state index in [1.807, 2.05) is 6.92 Å². The van der Waals surface area contributed by atoms with Gasteiger partial charge < -0.3 is 20.5 Å². The largest absolute Gasteiger partial charge is 0.471 e. The molecule has 3 N–H and O–H groups in total. The molecule has 0 radical (unpaired) electrons. The lowest BCUT2D eigenvalue weighted by Crippen LogP contribution is -2.36. The van der Waals surface area contributed by atoms with E-state index in [9.17, 15) is 32.7 Å². The van der Waals surface area contributed by atoms with Gasteiger partial charge in [-0.15, -0.1) is 0 Å². The first-order valence-electron chi connectivity index (χ1n) is 10.4. The Morgan fingerprint density at radius 2 is 2.00 bits per heavy atom. The van der Waals surface area contributed by atoms with Gasteiger partial charge in [-0.2, -0.15) is 18.2 Å². The number of rotatable bonds is 7. The average molecular weight is 480 g/mol. The predicted molar refractivity (Wildman–Crippen MR) is 116 cm³/mol. The van der Waals surface area contributed by atoms with E-state index in [0.717, 1.165) is 4.57 Å². The van der Waals surface area contributed by atoms with Gasteiger partial charge in [0.25, 0.3) is 5.91 Å². The van der Waals surface area contributed by atoms with Crippen molar-refractivity contribution in [2.45, 2.75) is 44.4 Å². The fourth-order valence-electron chi connectivity index (χ4n) is 3.37. The summed E-state index contributed by atoms with van der Waals surface area (Å²) in [7, 11) is 0. The lowest BCUT2D eigenvalue weighted by molar-refractivity contribution is -0.173. The van der Waals surface area contributed by atoms with Gasteiger partial charge >= 0.3 is 17.8 Å². The quantitative estimate of drug-likeness (QED) is 0.559. The van der Waals surface area contributed by atoms with Gasteiger partial charge in [-0.1, -0.05) is 37.3 Å². The molecule has 1 aliphatic rings. The summed E-state index contributed by atoms with van der Waals surface area (Å²) in [5.41, 5.74) is -0.267. The molecule has 0 aliphatic carbocycles. The number of halogens is 3. The number of nitrogens with one attached hydrogen (secondary N) is 2. The second-order valence-electron chi connectivity index (χ2n) is 7.51. The van der Waals surface area contributed by atoms with Crippen LogP contribution in [-0.2, 0) is 9.53 Å². The fraction of sp³-hybridized carbons (Fsp3) is 0.364. The van der Waals surface area contributed by atoms with E-state index in [1.54, 1.807) is 35.6 Å². The summed E-state index contributed by atoms with van der Waals surface area (Å²) in [5, 5.41) is 14.3. The van der Waals surface area contributed by atoms with Crippen molar-refractivity contribution in [2.24, 2.45) is 0 Å². The van der Waals surface area contributed by atoms with E-state index in [-0.39, 0.29) is 17.8 Å². The molecule has 1 fully saturated rings. The highest BCUT2D eigenvalue weighted by molar-refractivity contribution is 6.04. The predicted octanol–water partition coefficient (Wildman–Crippen LogP) is 2.25. The summed E-state index contributed by atoms with van der Waals surface area (Å²) in [5.74, 6) is -2.78. The standard InChI is InChI=1S/C22H23F3N4O5/c1-2-16-15(30)11-17(34-16)29-12-14(9-6-10-26-20(32)22(23,24)25)18(28-21(29)33)27-19(31)13-7-4-3-5-8-13/h3-9,12,15-17,30H,2,10-11H2,1H3,(H,26,32)(H,27,28,31,33)/b9-6+/t15-,16-,17-/m1/s1. The van der Waals surface area contributed by atoms with Crippen molar-refractivity contribution in [3.05, 3.63) is 64.2 Å². The number of amides is 2. The molecule has 0 saturated carbocycles. The zero-order chi connectivity index (χ0) is 24.9. The summed E-state index contributed by atoms with van der Waals surface area (Å²) in [6, 6.07) is 8.13. The van der Waals surface area contributed by atoms with Crippen molar-refractivity contribution in [3.63, 3.8) is 0 Å². The molecule has 1 aromatic heterocycles. The summed E-state index contributed by atoms with van der Waals surface area (Å²) < 4.78 is 43.9. The topological polar surface area (TPSA) is 123 Å². The van der Waals surface area contributed by atoms with Crippen molar-refractivity contribution < 1.29 is 32.6 Å². The highest BCUT2D eigenvalue weighted by atomic mass is 19.4. The number of anilines is 1. The van der Waals surface area contributed by atoms with Crippen molar-refractivity contribution in [2.75, 3.05) is 11.9 Å². The summed E-state index contributed by atoms with van der Waals surface area (Å²) in [6.07, 6.45) is -2.56. The minimum Gasteiger partial charge on any atom is -0.390 e. The molecular formula is C22H23F3N4O5. The second-order valence-corrected chi connectivity index (χ2v) is 7.51. The number of hydrogen-bond donors (Lipinski definition) is 3. The van der Waals surface area contributed by atoms with Gasteiger partial charge in [0.05, 0.1) is 12.2 Å². The highest BCUT2D eigenvalue weighted by Crippen LogP contribution is 2.30. The number of carbonyl (C=O) groups is 2. The van der Waals surface area contributed by atoms with Crippen molar-refractivity contribution in [1.29, 1.82) is 0 Å². The van der Waals surface area contributed by atoms with Crippen molar-refractivity contribution in [3.8, 4) is 0 Å². The van der Waals surface area contributed by atoms with Crippen LogP contribution in [0.25, 0.3) is 6.08 Å². The normalized spacial score (nSPS) is 20.4. The van der Waals surface area contributed by atoms with E-state index in [1.165, 1.54) is 18.3 Å². The van der Waals surface area contributed by atoms with Gasteiger partial charge in [-0.25, -0.2) is 4.79 Å². The van der Waals surface area contributed by atoms with E-state index in [4.69, 9.17) is 4.74 Å². The Kier molecular flexibility index (Phi) is 7.84. The Hall–Kier alpha value is -3.51. The van der Waals surface area contributed by atoms with Crippen LogP contribution < -0.4 is 16.3 Å². The van der Waals surface area contributed by atoms with Crippen LogP contribution in [0.4, 0.5) is 19.0 Å². The molecule has 2 amide bonds. The Bertz CT molecular complexity index is 1120. The van der Waals surface area contributed by atoms with Crippen LogP contribution in [0.15, 0.2) is 47.4 Å². The maximum Gasteiger partial charge on any atom is 0.471 e. The molecule has 9 nitrogen and oxygen atoms in total. The van der Waals surface area contributed by atoms with Gasteiger partial charge in [-0.05, 0) is 18.6 Å². The molecule has 1 aliphatic heterocycles. The molecule has 12 heteroatoms. The minimum absolute atomic E-state index is 0.126. The smallest absolute Gasteiger partial charge is 0.390 e.